The van der Waals surface area contributed by atoms with E-state index < -0.39 is 0 Å². The van der Waals surface area contributed by atoms with Crippen LogP contribution in [0, 0.1) is 16.7 Å². The van der Waals surface area contributed by atoms with Gasteiger partial charge in [0.05, 0.1) is 12.7 Å². The normalized spacial score (nSPS) is 17.7. The molecule has 80 valence electrons. The van der Waals surface area contributed by atoms with Gasteiger partial charge in [-0.3, -0.25) is 0 Å². The van der Waals surface area contributed by atoms with Crippen LogP contribution in [-0.4, -0.2) is 13.2 Å². The number of ether oxygens (including phenoxy) is 1. The lowest BCUT2D eigenvalue weighted by atomic mass is 10.1. The Hall–Kier alpha value is -0.550. The first-order valence-corrected chi connectivity index (χ1v) is 5.78. The van der Waals surface area contributed by atoms with Crippen molar-refractivity contribution in [3.63, 3.8) is 0 Å². The Balaban J connectivity index is 1.91. The van der Waals surface area contributed by atoms with Crippen molar-refractivity contribution in [3.8, 4) is 6.07 Å². The first kappa shape index (κ1) is 11.5. The van der Waals surface area contributed by atoms with Crippen molar-refractivity contribution in [1.82, 2.24) is 0 Å². The maximum Gasteiger partial charge on any atom is 0.0628 e. The van der Waals surface area contributed by atoms with Crippen LogP contribution in [0.25, 0.3) is 0 Å². The molecule has 0 unspecified atom stereocenters. The predicted molar refractivity (Wildman–Crippen MR) is 56.9 cm³/mol. The van der Waals surface area contributed by atoms with Gasteiger partial charge in [0.15, 0.2) is 0 Å². The largest absolute Gasteiger partial charge is 0.381 e. The Morgan fingerprint density at radius 2 is 2.07 bits per heavy atom. The molecule has 0 saturated heterocycles. The summed E-state index contributed by atoms with van der Waals surface area (Å²) in [7, 11) is 0. The van der Waals surface area contributed by atoms with Crippen LogP contribution >= 0.6 is 0 Å². The number of hydrogen-bond donors (Lipinski definition) is 0. The Morgan fingerprint density at radius 1 is 1.29 bits per heavy atom. The SMILES string of the molecule is CCCCCCOCC1(CC#N)CC1. The third kappa shape index (κ3) is 4.11. The van der Waals surface area contributed by atoms with Crippen LogP contribution in [-0.2, 0) is 4.74 Å². The highest BCUT2D eigenvalue weighted by molar-refractivity contribution is 4.99. The van der Waals surface area contributed by atoms with E-state index in [1.807, 2.05) is 0 Å². The lowest BCUT2D eigenvalue weighted by molar-refractivity contribution is 0.0885. The molecule has 2 heteroatoms. The third-order valence-corrected chi connectivity index (χ3v) is 2.96. The number of hydrogen-bond acceptors (Lipinski definition) is 2. The molecule has 0 amide bonds. The summed E-state index contributed by atoms with van der Waals surface area (Å²) in [4.78, 5) is 0. The molecular formula is C12H21NO. The molecule has 0 aromatic heterocycles. The van der Waals surface area contributed by atoms with Gasteiger partial charge >= 0.3 is 0 Å². The van der Waals surface area contributed by atoms with Crippen molar-refractivity contribution in [2.45, 2.75) is 51.9 Å². The van der Waals surface area contributed by atoms with Crippen molar-refractivity contribution in [2.75, 3.05) is 13.2 Å². The van der Waals surface area contributed by atoms with Gasteiger partial charge in [-0.05, 0) is 19.3 Å². The molecule has 14 heavy (non-hydrogen) atoms. The van der Waals surface area contributed by atoms with E-state index in [4.69, 9.17) is 10.00 Å². The molecule has 0 heterocycles. The minimum atomic E-state index is 0.263. The molecule has 0 atom stereocenters. The van der Waals surface area contributed by atoms with Gasteiger partial charge in [0.25, 0.3) is 0 Å². The van der Waals surface area contributed by atoms with Crippen LogP contribution in [0.15, 0.2) is 0 Å². The third-order valence-electron chi connectivity index (χ3n) is 2.96. The van der Waals surface area contributed by atoms with Gasteiger partial charge in [0, 0.05) is 18.4 Å². The molecule has 2 nitrogen and oxygen atoms in total. The Kier molecular flexibility index (Phi) is 4.97. The minimum absolute atomic E-state index is 0.263. The van der Waals surface area contributed by atoms with Gasteiger partial charge in [0.1, 0.15) is 0 Å². The standard InChI is InChI=1S/C12H21NO/c1-2-3-4-5-10-14-11-12(6-7-12)8-9-13/h2-8,10-11H2,1H3. The van der Waals surface area contributed by atoms with E-state index in [1.165, 1.54) is 38.5 Å². The quantitative estimate of drug-likeness (QED) is 0.557. The van der Waals surface area contributed by atoms with Gasteiger partial charge in [-0.2, -0.15) is 5.26 Å². The molecule has 0 aliphatic heterocycles. The second-order valence-electron chi connectivity index (χ2n) is 4.45. The fraction of sp³-hybridized carbons (Fsp3) is 0.917. The van der Waals surface area contributed by atoms with Crippen LogP contribution in [0.2, 0.25) is 0 Å². The Bertz CT molecular complexity index is 191. The van der Waals surface area contributed by atoms with Gasteiger partial charge in [-0.25, -0.2) is 0 Å². The van der Waals surface area contributed by atoms with Crippen molar-refractivity contribution in [3.05, 3.63) is 0 Å². The molecule has 1 fully saturated rings. The van der Waals surface area contributed by atoms with E-state index in [1.54, 1.807) is 0 Å². The molecule has 0 bridgehead atoms. The first-order valence-electron chi connectivity index (χ1n) is 5.78. The average molecular weight is 195 g/mol. The second kappa shape index (κ2) is 6.03. The summed E-state index contributed by atoms with van der Waals surface area (Å²) in [6.45, 7) is 3.91. The highest BCUT2D eigenvalue weighted by atomic mass is 16.5. The van der Waals surface area contributed by atoms with E-state index >= 15 is 0 Å². The predicted octanol–water partition coefficient (Wildman–Crippen LogP) is 3.28. The molecule has 0 N–H and O–H groups in total. The Labute approximate surface area is 87.3 Å². The van der Waals surface area contributed by atoms with Crippen molar-refractivity contribution in [2.24, 2.45) is 5.41 Å². The van der Waals surface area contributed by atoms with Crippen LogP contribution in [0.5, 0.6) is 0 Å². The summed E-state index contributed by atoms with van der Waals surface area (Å²) in [5.74, 6) is 0. The maximum atomic E-state index is 8.61. The average Bonchev–Trinajstić information content (AvgIpc) is 2.93. The van der Waals surface area contributed by atoms with Crippen LogP contribution in [0.3, 0.4) is 0 Å². The van der Waals surface area contributed by atoms with Gasteiger partial charge in [0.2, 0.25) is 0 Å². The fourth-order valence-electron chi connectivity index (χ4n) is 1.64. The van der Waals surface area contributed by atoms with Gasteiger partial charge in [-0.1, -0.05) is 26.2 Å². The lowest BCUT2D eigenvalue weighted by Crippen LogP contribution is -2.10. The molecule has 0 spiro atoms. The van der Waals surface area contributed by atoms with E-state index in [9.17, 15) is 0 Å². The molecule has 0 aromatic rings. The zero-order valence-corrected chi connectivity index (χ0v) is 9.22. The second-order valence-corrected chi connectivity index (χ2v) is 4.45. The fourth-order valence-corrected chi connectivity index (χ4v) is 1.64. The van der Waals surface area contributed by atoms with Gasteiger partial charge < -0.3 is 4.74 Å². The summed E-state index contributed by atoms with van der Waals surface area (Å²) < 4.78 is 5.61. The minimum Gasteiger partial charge on any atom is -0.381 e. The lowest BCUT2D eigenvalue weighted by Gasteiger charge is -2.11. The summed E-state index contributed by atoms with van der Waals surface area (Å²) in [6, 6.07) is 2.25. The van der Waals surface area contributed by atoms with E-state index in [0.29, 0.717) is 6.42 Å². The highest BCUT2D eigenvalue weighted by Crippen LogP contribution is 2.48. The molecular weight excluding hydrogens is 174 g/mol. The first-order chi connectivity index (χ1) is 6.83. The van der Waals surface area contributed by atoms with Crippen molar-refractivity contribution >= 4 is 0 Å². The number of nitrogens with zero attached hydrogens (tertiary/aromatic N) is 1. The van der Waals surface area contributed by atoms with Crippen LogP contribution in [0.4, 0.5) is 0 Å². The van der Waals surface area contributed by atoms with E-state index in [0.717, 1.165) is 13.2 Å². The van der Waals surface area contributed by atoms with Crippen LogP contribution < -0.4 is 0 Å². The van der Waals surface area contributed by atoms with Gasteiger partial charge in [-0.15, -0.1) is 0 Å². The summed E-state index contributed by atoms with van der Waals surface area (Å²) in [5, 5.41) is 8.61. The van der Waals surface area contributed by atoms with Crippen molar-refractivity contribution in [1.29, 1.82) is 5.26 Å². The molecule has 1 rings (SSSR count). The molecule has 0 radical (unpaired) electrons. The maximum absolute atomic E-state index is 8.61. The van der Waals surface area contributed by atoms with Crippen molar-refractivity contribution < 1.29 is 4.74 Å². The number of rotatable bonds is 8. The summed E-state index contributed by atoms with van der Waals surface area (Å²) in [6.07, 6.45) is 8.11. The highest BCUT2D eigenvalue weighted by Gasteiger charge is 2.42. The van der Waals surface area contributed by atoms with E-state index in [2.05, 4.69) is 13.0 Å². The zero-order valence-electron chi connectivity index (χ0n) is 9.22. The van der Waals surface area contributed by atoms with E-state index in [-0.39, 0.29) is 5.41 Å². The molecule has 1 saturated carbocycles. The monoisotopic (exact) mass is 195 g/mol. The summed E-state index contributed by atoms with van der Waals surface area (Å²) >= 11 is 0. The van der Waals surface area contributed by atoms with Crippen LogP contribution in [0.1, 0.15) is 51.9 Å². The zero-order chi connectivity index (χ0) is 10.3. The molecule has 1 aliphatic carbocycles. The topological polar surface area (TPSA) is 33.0 Å². The molecule has 0 aromatic carbocycles. The molecule has 1 aliphatic rings. The smallest absolute Gasteiger partial charge is 0.0628 e. The number of nitriles is 1. The number of unbranched alkanes of at least 4 members (excludes halogenated alkanes) is 3. The summed E-state index contributed by atoms with van der Waals surface area (Å²) in [5.41, 5.74) is 0.263. The Morgan fingerprint density at radius 3 is 2.64 bits per heavy atom.